The quantitative estimate of drug-likeness (QED) is 0.764. The van der Waals surface area contributed by atoms with Crippen molar-refractivity contribution in [1.29, 1.82) is 0 Å². The van der Waals surface area contributed by atoms with Gasteiger partial charge in [0.1, 0.15) is 0 Å². The Hall–Kier alpha value is -0.710. The van der Waals surface area contributed by atoms with Crippen molar-refractivity contribution in [3.8, 4) is 0 Å². The van der Waals surface area contributed by atoms with E-state index in [0.717, 1.165) is 24.0 Å². The molecule has 1 heterocycles. The zero-order chi connectivity index (χ0) is 13.5. The highest BCUT2D eigenvalue weighted by Gasteiger charge is 2.13. The minimum Gasteiger partial charge on any atom is -0.316 e. The first-order chi connectivity index (χ1) is 9.29. The molecule has 0 aliphatic heterocycles. The Bertz CT molecular complexity index is 485. The molecule has 0 aliphatic rings. The van der Waals surface area contributed by atoms with Crippen LogP contribution in [0.1, 0.15) is 30.5 Å². The summed E-state index contributed by atoms with van der Waals surface area (Å²) in [5, 5.41) is 5.67. The largest absolute Gasteiger partial charge is 0.316 e. The average Bonchev–Trinajstić information content (AvgIpc) is 2.91. The number of hydrogen-bond acceptors (Lipinski definition) is 3. The van der Waals surface area contributed by atoms with Crippen molar-refractivity contribution >= 4 is 27.3 Å². The fraction of sp³-hybridized carbons (Fsp3) is 0.400. The Morgan fingerprint density at radius 1 is 1.42 bits per heavy atom. The van der Waals surface area contributed by atoms with Gasteiger partial charge in [0.25, 0.3) is 0 Å². The van der Waals surface area contributed by atoms with E-state index in [1.54, 1.807) is 11.3 Å². The second-order valence-corrected chi connectivity index (χ2v) is 6.27. The van der Waals surface area contributed by atoms with Crippen molar-refractivity contribution in [2.45, 2.75) is 25.7 Å². The van der Waals surface area contributed by atoms with Gasteiger partial charge < -0.3 is 5.32 Å². The topological polar surface area (TPSA) is 24.9 Å². The second kappa shape index (κ2) is 7.78. The minimum absolute atomic E-state index is 0.478. The Morgan fingerprint density at radius 3 is 3.00 bits per heavy atom. The van der Waals surface area contributed by atoms with Gasteiger partial charge in [0.2, 0.25) is 0 Å². The molecule has 0 radical (unpaired) electrons. The molecule has 1 unspecified atom stereocenters. The molecular weight excluding hydrogens is 320 g/mol. The van der Waals surface area contributed by atoms with Crippen molar-refractivity contribution in [3.63, 3.8) is 0 Å². The number of thiazole rings is 1. The van der Waals surface area contributed by atoms with Crippen LogP contribution in [-0.4, -0.2) is 18.1 Å². The molecule has 0 saturated carbocycles. The van der Waals surface area contributed by atoms with Crippen LogP contribution in [0, 0.1) is 0 Å². The summed E-state index contributed by atoms with van der Waals surface area (Å²) in [6.07, 6.45) is 2.17. The summed E-state index contributed by atoms with van der Waals surface area (Å²) in [5.74, 6) is 0.478. The van der Waals surface area contributed by atoms with Crippen molar-refractivity contribution in [3.05, 3.63) is 50.9 Å². The summed E-state index contributed by atoms with van der Waals surface area (Å²) in [4.78, 5) is 4.41. The first-order valence-corrected chi connectivity index (χ1v) is 8.36. The van der Waals surface area contributed by atoms with Gasteiger partial charge in [0.05, 0.1) is 11.2 Å². The molecule has 1 N–H and O–H groups in total. The van der Waals surface area contributed by atoms with Crippen LogP contribution in [0.25, 0.3) is 0 Å². The van der Waals surface area contributed by atoms with Gasteiger partial charge in [-0.05, 0) is 37.1 Å². The number of benzene rings is 1. The molecule has 1 atom stereocenters. The van der Waals surface area contributed by atoms with Gasteiger partial charge in [-0.3, -0.25) is 0 Å². The van der Waals surface area contributed by atoms with Gasteiger partial charge in [-0.1, -0.05) is 35.0 Å². The predicted molar refractivity (Wildman–Crippen MR) is 85.9 cm³/mol. The maximum Gasteiger partial charge on any atom is 0.0794 e. The van der Waals surface area contributed by atoms with Crippen LogP contribution in [0.5, 0.6) is 0 Å². The van der Waals surface area contributed by atoms with Crippen LogP contribution in [-0.2, 0) is 6.42 Å². The molecule has 1 aromatic heterocycles. The summed E-state index contributed by atoms with van der Waals surface area (Å²) in [6, 6.07) is 8.59. The lowest BCUT2D eigenvalue weighted by Gasteiger charge is -2.17. The normalized spacial score (nSPS) is 12.5. The molecule has 0 fully saturated rings. The number of hydrogen-bond donors (Lipinski definition) is 1. The van der Waals surface area contributed by atoms with Gasteiger partial charge in [-0.15, -0.1) is 11.3 Å². The average molecular weight is 339 g/mol. The molecule has 0 saturated heterocycles. The SMILES string of the molecule is CCCNCC(Cc1cscn1)c1cccc(Br)c1. The van der Waals surface area contributed by atoms with Crippen molar-refractivity contribution < 1.29 is 0 Å². The van der Waals surface area contributed by atoms with E-state index >= 15 is 0 Å². The molecule has 1 aromatic carbocycles. The smallest absolute Gasteiger partial charge is 0.0794 e. The highest BCUT2D eigenvalue weighted by Crippen LogP contribution is 2.23. The van der Waals surface area contributed by atoms with Gasteiger partial charge in [-0.25, -0.2) is 4.98 Å². The maximum atomic E-state index is 4.41. The third-order valence-electron chi connectivity index (χ3n) is 3.08. The van der Waals surface area contributed by atoms with E-state index in [0.29, 0.717) is 5.92 Å². The van der Waals surface area contributed by atoms with E-state index in [2.05, 4.69) is 62.8 Å². The van der Waals surface area contributed by atoms with Crippen LogP contribution < -0.4 is 5.32 Å². The number of halogens is 1. The van der Waals surface area contributed by atoms with Gasteiger partial charge >= 0.3 is 0 Å². The molecule has 19 heavy (non-hydrogen) atoms. The molecule has 102 valence electrons. The van der Waals surface area contributed by atoms with Crippen LogP contribution in [0.4, 0.5) is 0 Å². The summed E-state index contributed by atoms with van der Waals surface area (Å²) in [7, 11) is 0. The summed E-state index contributed by atoms with van der Waals surface area (Å²) >= 11 is 5.22. The summed E-state index contributed by atoms with van der Waals surface area (Å²) < 4.78 is 1.14. The third kappa shape index (κ3) is 4.71. The van der Waals surface area contributed by atoms with E-state index in [1.165, 1.54) is 17.7 Å². The molecule has 0 amide bonds. The Balaban J connectivity index is 2.08. The lowest BCUT2D eigenvalue weighted by Crippen LogP contribution is -2.23. The summed E-state index contributed by atoms with van der Waals surface area (Å²) in [5.41, 5.74) is 4.46. The summed E-state index contributed by atoms with van der Waals surface area (Å²) in [6.45, 7) is 4.27. The van der Waals surface area contributed by atoms with E-state index in [9.17, 15) is 0 Å². The first kappa shape index (κ1) is 14.7. The molecule has 2 nitrogen and oxygen atoms in total. The number of nitrogens with one attached hydrogen (secondary N) is 1. The fourth-order valence-electron chi connectivity index (χ4n) is 2.11. The van der Waals surface area contributed by atoms with Crippen LogP contribution in [0.15, 0.2) is 39.6 Å². The van der Waals surface area contributed by atoms with Gasteiger partial charge in [0.15, 0.2) is 0 Å². The lowest BCUT2D eigenvalue weighted by molar-refractivity contribution is 0.573. The molecule has 0 aliphatic carbocycles. The molecular formula is C15H19BrN2S. The maximum absolute atomic E-state index is 4.41. The zero-order valence-corrected chi connectivity index (χ0v) is 13.5. The molecule has 0 bridgehead atoms. The number of aromatic nitrogens is 1. The highest BCUT2D eigenvalue weighted by atomic mass is 79.9. The van der Waals surface area contributed by atoms with E-state index < -0.39 is 0 Å². The zero-order valence-electron chi connectivity index (χ0n) is 11.1. The van der Waals surface area contributed by atoms with E-state index in [1.807, 2.05) is 5.51 Å². The Morgan fingerprint density at radius 2 is 2.32 bits per heavy atom. The number of nitrogens with zero attached hydrogens (tertiary/aromatic N) is 1. The van der Waals surface area contributed by atoms with Crippen molar-refractivity contribution in [2.24, 2.45) is 0 Å². The molecule has 2 aromatic rings. The van der Waals surface area contributed by atoms with Crippen LogP contribution in [0.3, 0.4) is 0 Å². The molecule has 4 heteroatoms. The molecule has 0 spiro atoms. The predicted octanol–water partition coefficient (Wildman–Crippen LogP) is 4.23. The second-order valence-electron chi connectivity index (χ2n) is 4.64. The van der Waals surface area contributed by atoms with Crippen LogP contribution >= 0.6 is 27.3 Å². The van der Waals surface area contributed by atoms with Crippen molar-refractivity contribution in [2.75, 3.05) is 13.1 Å². The third-order valence-corrected chi connectivity index (χ3v) is 4.21. The highest BCUT2D eigenvalue weighted by molar-refractivity contribution is 9.10. The van der Waals surface area contributed by atoms with E-state index in [4.69, 9.17) is 0 Å². The lowest BCUT2D eigenvalue weighted by atomic mass is 9.94. The van der Waals surface area contributed by atoms with Crippen LogP contribution in [0.2, 0.25) is 0 Å². The van der Waals surface area contributed by atoms with Crippen molar-refractivity contribution in [1.82, 2.24) is 10.3 Å². The molecule has 2 rings (SSSR count). The van der Waals surface area contributed by atoms with E-state index in [-0.39, 0.29) is 0 Å². The fourth-order valence-corrected chi connectivity index (χ4v) is 3.10. The Kier molecular flexibility index (Phi) is 6.01. The Labute approximate surface area is 127 Å². The van der Waals surface area contributed by atoms with Gasteiger partial charge in [0, 0.05) is 22.3 Å². The standard InChI is InChI=1S/C15H19BrN2S/c1-2-6-17-9-13(8-15-10-19-11-18-15)12-4-3-5-14(16)7-12/h3-5,7,10-11,13,17H,2,6,8-9H2,1H3. The minimum atomic E-state index is 0.478. The monoisotopic (exact) mass is 338 g/mol. The first-order valence-electron chi connectivity index (χ1n) is 6.63. The van der Waals surface area contributed by atoms with Gasteiger partial charge in [-0.2, -0.15) is 0 Å². The number of rotatable bonds is 7.